The average Bonchev–Trinajstić information content (AvgIpc) is 3.59. The van der Waals surface area contributed by atoms with Crippen LogP contribution in [0.15, 0.2) is 47.5 Å². The van der Waals surface area contributed by atoms with E-state index in [-0.39, 0.29) is 10.8 Å². The van der Waals surface area contributed by atoms with Gasteiger partial charge in [-0.15, -0.1) is 0 Å². The third-order valence-corrected chi connectivity index (χ3v) is 8.80. The number of benzene rings is 1. The molecule has 3 aliphatic heterocycles. The van der Waals surface area contributed by atoms with Crippen LogP contribution in [-0.2, 0) is 10.0 Å². The highest BCUT2D eigenvalue weighted by Crippen LogP contribution is 2.33. The van der Waals surface area contributed by atoms with Crippen molar-refractivity contribution in [2.45, 2.75) is 30.6 Å². The summed E-state index contributed by atoms with van der Waals surface area (Å²) in [5, 5.41) is 0. The zero-order valence-corrected chi connectivity index (χ0v) is 19.7. The number of carbonyl (C=O) groups excluding carboxylic acids is 1. The van der Waals surface area contributed by atoms with Crippen LogP contribution in [0.2, 0.25) is 0 Å². The number of carbonyl (C=O) groups is 1. The van der Waals surface area contributed by atoms with Crippen LogP contribution in [0, 0.1) is 0 Å². The second-order valence-corrected chi connectivity index (χ2v) is 10.9. The fourth-order valence-electron chi connectivity index (χ4n) is 5.00. The summed E-state index contributed by atoms with van der Waals surface area (Å²) in [7, 11) is -3.63. The maximum absolute atomic E-state index is 13.5. The molecule has 176 valence electrons. The largest absolute Gasteiger partial charge is 0.370 e. The van der Waals surface area contributed by atoms with E-state index in [2.05, 4.69) is 14.8 Å². The summed E-state index contributed by atoms with van der Waals surface area (Å²) >= 11 is 0. The first-order valence-electron chi connectivity index (χ1n) is 11.9. The maximum Gasteiger partial charge on any atom is 0.254 e. The van der Waals surface area contributed by atoms with Gasteiger partial charge in [-0.3, -0.25) is 4.79 Å². The zero-order valence-electron chi connectivity index (χ0n) is 18.9. The predicted molar refractivity (Wildman–Crippen MR) is 128 cm³/mol. The Hall–Kier alpha value is -2.65. The van der Waals surface area contributed by atoms with Crippen LogP contribution in [0.3, 0.4) is 0 Å². The first-order valence-corrected chi connectivity index (χ1v) is 13.3. The molecule has 0 saturated carbocycles. The van der Waals surface area contributed by atoms with Gasteiger partial charge in [-0.25, -0.2) is 13.4 Å². The Morgan fingerprint density at radius 3 is 2.15 bits per heavy atom. The molecule has 0 N–H and O–H groups in total. The fraction of sp³-hybridized carbons (Fsp3) is 0.500. The molecule has 0 radical (unpaired) electrons. The molecule has 1 aromatic carbocycles. The zero-order chi connectivity index (χ0) is 22.8. The molecular formula is C24H31N5O3S. The van der Waals surface area contributed by atoms with Crippen LogP contribution >= 0.6 is 0 Å². The van der Waals surface area contributed by atoms with E-state index >= 15 is 0 Å². The molecule has 4 heterocycles. The molecule has 3 saturated heterocycles. The smallest absolute Gasteiger partial charge is 0.254 e. The van der Waals surface area contributed by atoms with Crippen molar-refractivity contribution in [1.82, 2.24) is 14.2 Å². The lowest BCUT2D eigenvalue weighted by Crippen LogP contribution is -2.49. The standard InChI is InChI=1S/C24H31N5O3S/c30-24(28-17-15-27(16-18-28)23-7-1-2-10-25-23)20-8-9-21(26-11-3-4-12-26)22(19-20)33(31,32)29-13-5-6-14-29/h1-2,7-10,19H,3-6,11-18H2. The van der Waals surface area contributed by atoms with E-state index in [9.17, 15) is 13.2 Å². The van der Waals surface area contributed by atoms with Crippen molar-refractivity contribution in [3.8, 4) is 0 Å². The first-order chi connectivity index (χ1) is 16.0. The highest BCUT2D eigenvalue weighted by Gasteiger charge is 2.33. The quantitative estimate of drug-likeness (QED) is 0.670. The van der Waals surface area contributed by atoms with Crippen molar-refractivity contribution < 1.29 is 13.2 Å². The maximum atomic E-state index is 13.5. The van der Waals surface area contributed by atoms with Crippen LogP contribution in [0.1, 0.15) is 36.0 Å². The predicted octanol–water partition coefficient (Wildman–Crippen LogP) is 2.43. The SMILES string of the molecule is O=C(c1ccc(N2CCCC2)c(S(=O)(=O)N2CCCC2)c1)N1CCN(c2ccccn2)CC1. The second-order valence-electron chi connectivity index (χ2n) is 8.96. The molecule has 3 aliphatic rings. The monoisotopic (exact) mass is 469 g/mol. The number of anilines is 2. The fourth-order valence-corrected chi connectivity index (χ4v) is 6.76. The Labute approximate surface area is 195 Å². The van der Waals surface area contributed by atoms with Crippen molar-refractivity contribution in [1.29, 1.82) is 0 Å². The van der Waals surface area contributed by atoms with Crippen molar-refractivity contribution in [2.24, 2.45) is 0 Å². The number of sulfonamides is 1. The summed E-state index contributed by atoms with van der Waals surface area (Å²) in [6, 6.07) is 11.1. The summed E-state index contributed by atoms with van der Waals surface area (Å²) < 4.78 is 28.6. The summed E-state index contributed by atoms with van der Waals surface area (Å²) in [5.41, 5.74) is 1.18. The summed E-state index contributed by atoms with van der Waals surface area (Å²) in [4.78, 5) is 24.2. The van der Waals surface area contributed by atoms with Crippen molar-refractivity contribution >= 4 is 27.4 Å². The van der Waals surface area contributed by atoms with Crippen molar-refractivity contribution in [2.75, 3.05) is 62.2 Å². The van der Waals surface area contributed by atoms with E-state index in [0.29, 0.717) is 44.8 Å². The number of aromatic nitrogens is 1. The number of rotatable bonds is 5. The number of hydrogen-bond donors (Lipinski definition) is 0. The Morgan fingerprint density at radius 1 is 0.788 bits per heavy atom. The summed E-state index contributed by atoms with van der Waals surface area (Å²) in [6.07, 6.45) is 5.67. The molecule has 0 aliphatic carbocycles. The molecular weight excluding hydrogens is 438 g/mol. The lowest BCUT2D eigenvalue weighted by molar-refractivity contribution is 0.0746. The van der Waals surface area contributed by atoms with Crippen molar-refractivity contribution in [3.63, 3.8) is 0 Å². The number of nitrogens with zero attached hydrogens (tertiary/aromatic N) is 5. The highest BCUT2D eigenvalue weighted by molar-refractivity contribution is 7.89. The number of amides is 1. The molecule has 1 amide bonds. The minimum atomic E-state index is -3.63. The van der Waals surface area contributed by atoms with Gasteiger partial charge in [0.05, 0.1) is 5.69 Å². The van der Waals surface area contributed by atoms with E-state index in [0.717, 1.165) is 50.3 Å². The second kappa shape index (κ2) is 9.30. The van der Waals surface area contributed by atoms with E-state index < -0.39 is 10.0 Å². The number of hydrogen-bond acceptors (Lipinski definition) is 6. The third kappa shape index (κ3) is 4.44. The molecule has 0 spiro atoms. The lowest BCUT2D eigenvalue weighted by atomic mass is 10.1. The van der Waals surface area contributed by atoms with Crippen LogP contribution in [0.5, 0.6) is 0 Å². The molecule has 0 atom stereocenters. The number of pyridine rings is 1. The minimum absolute atomic E-state index is 0.110. The van der Waals surface area contributed by atoms with Gasteiger partial charge in [0.2, 0.25) is 10.0 Å². The minimum Gasteiger partial charge on any atom is -0.370 e. The van der Waals surface area contributed by atoms with Gasteiger partial charge in [0, 0.05) is 64.1 Å². The molecule has 0 unspecified atom stereocenters. The molecule has 33 heavy (non-hydrogen) atoms. The Kier molecular flexibility index (Phi) is 6.25. The van der Waals surface area contributed by atoms with Crippen LogP contribution in [-0.4, -0.2) is 80.9 Å². The molecule has 2 aromatic rings. The van der Waals surface area contributed by atoms with Crippen LogP contribution in [0.4, 0.5) is 11.5 Å². The molecule has 3 fully saturated rings. The number of piperazine rings is 1. The highest BCUT2D eigenvalue weighted by atomic mass is 32.2. The average molecular weight is 470 g/mol. The van der Waals surface area contributed by atoms with Gasteiger partial charge in [-0.1, -0.05) is 6.07 Å². The molecule has 5 rings (SSSR count). The van der Waals surface area contributed by atoms with Gasteiger partial charge in [0.25, 0.3) is 5.91 Å². The Morgan fingerprint density at radius 2 is 1.48 bits per heavy atom. The van der Waals surface area contributed by atoms with Gasteiger partial charge < -0.3 is 14.7 Å². The summed E-state index contributed by atoms with van der Waals surface area (Å²) in [6.45, 7) is 5.37. The normalized spacial score (nSPS) is 19.9. The molecule has 0 bridgehead atoms. The topological polar surface area (TPSA) is 77.1 Å². The molecule has 8 nitrogen and oxygen atoms in total. The van der Waals surface area contributed by atoms with Gasteiger partial charge in [0.1, 0.15) is 10.7 Å². The van der Waals surface area contributed by atoms with Gasteiger partial charge >= 0.3 is 0 Å². The Bertz CT molecular complexity index is 1090. The summed E-state index contributed by atoms with van der Waals surface area (Å²) in [5.74, 6) is 0.806. The van der Waals surface area contributed by atoms with Crippen LogP contribution < -0.4 is 9.80 Å². The van der Waals surface area contributed by atoms with E-state index in [1.807, 2.05) is 29.2 Å². The molecule has 9 heteroatoms. The molecule has 1 aromatic heterocycles. The van der Waals surface area contributed by atoms with Gasteiger partial charge in [-0.05, 0) is 56.0 Å². The first kappa shape index (κ1) is 22.2. The van der Waals surface area contributed by atoms with E-state index in [4.69, 9.17) is 0 Å². The Balaban J connectivity index is 1.38. The van der Waals surface area contributed by atoms with Gasteiger partial charge in [0.15, 0.2) is 0 Å². The third-order valence-electron chi connectivity index (χ3n) is 6.88. The lowest BCUT2D eigenvalue weighted by Gasteiger charge is -2.35. The van der Waals surface area contributed by atoms with Gasteiger partial charge in [-0.2, -0.15) is 4.31 Å². The van der Waals surface area contributed by atoms with E-state index in [1.165, 1.54) is 0 Å². The van der Waals surface area contributed by atoms with E-state index in [1.54, 1.807) is 22.6 Å². The van der Waals surface area contributed by atoms with Crippen LogP contribution in [0.25, 0.3) is 0 Å². The van der Waals surface area contributed by atoms with Crippen molar-refractivity contribution in [3.05, 3.63) is 48.2 Å².